The fourth-order valence-corrected chi connectivity index (χ4v) is 6.25. The summed E-state index contributed by atoms with van der Waals surface area (Å²) in [7, 11) is 2.91. The standard InChI is InChI=1S/C29H25BrN2O5S/c1-15-6-10-20(21(30)12-15)22-11-9-19(37-22)14-24-27(33)32-26(18-8-7-16(2)23(13-18)35-4)25(28(34)36-5)17(3)31-29(32)38-24/h6-14,26H,1-5H3/b24-14+/t26-/m1/s1. The molecule has 2 aromatic carbocycles. The number of hydrogen-bond donors (Lipinski definition) is 0. The van der Waals surface area contributed by atoms with Crippen LogP contribution in [0.5, 0.6) is 5.75 Å². The van der Waals surface area contributed by atoms with E-state index in [0.717, 1.165) is 26.7 Å². The van der Waals surface area contributed by atoms with Crippen molar-refractivity contribution in [3.05, 3.63) is 106 Å². The fourth-order valence-electron chi connectivity index (χ4n) is 4.54. The van der Waals surface area contributed by atoms with Crippen molar-refractivity contribution < 1.29 is 18.7 Å². The number of allylic oxidation sites excluding steroid dienone is 1. The Bertz CT molecular complexity index is 1790. The minimum Gasteiger partial charge on any atom is -0.496 e. The molecule has 0 saturated heterocycles. The second kappa shape index (κ2) is 10.2. The Kier molecular flexibility index (Phi) is 6.98. The largest absolute Gasteiger partial charge is 0.496 e. The molecule has 194 valence electrons. The topological polar surface area (TPSA) is 83.0 Å². The van der Waals surface area contributed by atoms with Crippen molar-refractivity contribution in [2.75, 3.05) is 14.2 Å². The summed E-state index contributed by atoms with van der Waals surface area (Å²) in [6.45, 7) is 5.71. The average molecular weight is 593 g/mol. The zero-order valence-electron chi connectivity index (χ0n) is 21.5. The summed E-state index contributed by atoms with van der Waals surface area (Å²) in [4.78, 5) is 31.7. The Morgan fingerprint density at radius 3 is 2.61 bits per heavy atom. The molecule has 1 atom stereocenters. The second-order valence-electron chi connectivity index (χ2n) is 8.99. The third kappa shape index (κ3) is 4.56. The first-order valence-electron chi connectivity index (χ1n) is 11.8. The quantitative estimate of drug-likeness (QED) is 0.303. The molecule has 7 nitrogen and oxygen atoms in total. The van der Waals surface area contributed by atoms with E-state index < -0.39 is 12.0 Å². The highest BCUT2D eigenvalue weighted by Gasteiger charge is 2.33. The molecule has 0 bridgehead atoms. The van der Waals surface area contributed by atoms with E-state index in [1.165, 1.54) is 18.4 Å². The molecule has 9 heteroatoms. The van der Waals surface area contributed by atoms with Gasteiger partial charge in [-0.2, -0.15) is 0 Å². The van der Waals surface area contributed by atoms with Gasteiger partial charge in [-0.05, 0) is 67.8 Å². The minimum absolute atomic E-state index is 0.276. The third-order valence-corrected chi connectivity index (χ3v) is 8.10. The first-order valence-corrected chi connectivity index (χ1v) is 13.4. The zero-order chi connectivity index (χ0) is 27.1. The normalized spacial score (nSPS) is 15.3. The Morgan fingerprint density at radius 2 is 1.89 bits per heavy atom. The zero-order valence-corrected chi connectivity index (χ0v) is 23.9. The lowest BCUT2D eigenvalue weighted by molar-refractivity contribution is -0.136. The maximum Gasteiger partial charge on any atom is 0.338 e. The van der Waals surface area contributed by atoms with E-state index in [-0.39, 0.29) is 5.56 Å². The molecule has 1 aliphatic rings. The molecule has 4 aromatic rings. The van der Waals surface area contributed by atoms with Gasteiger partial charge in [-0.15, -0.1) is 0 Å². The Morgan fingerprint density at radius 1 is 1.11 bits per heavy atom. The van der Waals surface area contributed by atoms with Crippen molar-refractivity contribution in [1.82, 2.24) is 4.57 Å². The molecule has 0 aliphatic carbocycles. The molecular formula is C29H25BrN2O5S. The number of aryl methyl sites for hydroxylation is 2. The van der Waals surface area contributed by atoms with Crippen molar-refractivity contribution >= 4 is 39.3 Å². The van der Waals surface area contributed by atoms with Crippen LogP contribution in [0.3, 0.4) is 0 Å². The predicted octanol–water partition coefficient (Wildman–Crippen LogP) is 5.06. The average Bonchev–Trinajstić information content (AvgIpc) is 3.47. The van der Waals surface area contributed by atoms with E-state index in [0.29, 0.717) is 37.9 Å². The molecule has 38 heavy (non-hydrogen) atoms. The van der Waals surface area contributed by atoms with Gasteiger partial charge in [0.1, 0.15) is 17.3 Å². The second-order valence-corrected chi connectivity index (χ2v) is 10.9. The SMILES string of the molecule is COC(=O)C1=C(C)N=c2s/c(=C/c3ccc(-c4ccc(C)cc4Br)o3)c(=O)n2[C@@H]1c1ccc(C)c(OC)c1. The van der Waals surface area contributed by atoms with Gasteiger partial charge in [-0.25, -0.2) is 9.79 Å². The molecule has 2 aromatic heterocycles. The van der Waals surface area contributed by atoms with Gasteiger partial charge in [0.05, 0.1) is 36.1 Å². The first-order chi connectivity index (χ1) is 18.2. The summed E-state index contributed by atoms with van der Waals surface area (Å²) >= 11 is 4.84. The highest BCUT2D eigenvalue weighted by Crippen LogP contribution is 2.34. The molecule has 0 amide bonds. The fraction of sp³-hybridized carbons (Fsp3) is 0.207. The van der Waals surface area contributed by atoms with Crippen molar-refractivity contribution in [2.24, 2.45) is 4.99 Å². The molecule has 1 aliphatic heterocycles. The number of halogens is 1. The van der Waals surface area contributed by atoms with E-state index in [4.69, 9.17) is 13.9 Å². The van der Waals surface area contributed by atoms with E-state index in [2.05, 4.69) is 20.9 Å². The number of rotatable bonds is 5. The molecule has 5 rings (SSSR count). The lowest BCUT2D eigenvalue weighted by Crippen LogP contribution is -2.39. The van der Waals surface area contributed by atoms with Crippen molar-refractivity contribution in [2.45, 2.75) is 26.8 Å². The number of nitrogens with zero attached hydrogens (tertiary/aromatic N) is 2. The van der Waals surface area contributed by atoms with Crippen molar-refractivity contribution in [1.29, 1.82) is 0 Å². The number of furan rings is 1. The van der Waals surface area contributed by atoms with Crippen LogP contribution >= 0.6 is 27.3 Å². The lowest BCUT2D eigenvalue weighted by atomic mass is 9.95. The Labute approximate surface area is 231 Å². The predicted molar refractivity (Wildman–Crippen MR) is 150 cm³/mol. The van der Waals surface area contributed by atoms with E-state index in [1.807, 2.05) is 62.4 Å². The summed E-state index contributed by atoms with van der Waals surface area (Å²) in [6.07, 6.45) is 1.71. The summed E-state index contributed by atoms with van der Waals surface area (Å²) in [5.41, 5.74) is 4.25. The van der Waals surface area contributed by atoms with Crippen LogP contribution in [0, 0.1) is 13.8 Å². The first kappa shape index (κ1) is 25.9. The van der Waals surface area contributed by atoms with E-state index in [1.54, 1.807) is 24.7 Å². The highest BCUT2D eigenvalue weighted by atomic mass is 79.9. The molecular weight excluding hydrogens is 568 g/mol. The summed E-state index contributed by atoms with van der Waals surface area (Å²) in [5.74, 6) is 1.35. The molecule has 0 unspecified atom stereocenters. The van der Waals surface area contributed by atoms with Gasteiger partial charge in [0.15, 0.2) is 4.80 Å². The number of thiazole rings is 1. The summed E-state index contributed by atoms with van der Waals surface area (Å²) in [5, 5.41) is 0. The van der Waals surface area contributed by atoms with Crippen molar-refractivity contribution in [3.8, 4) is 17.1 Å². The third-order valence-electron chi connectivity index (χ3n) is 6.47. The summed E-state index contributed by atoms with van der Waals surface area (Å²) < 4.78 is 19.6. The van der Waals surface area contributed by atoms with Gasteiger partial charge in [0.25, 0.3) is 5.56 Å². The molecule has 0 saturated carbocycles. The van der Waals surface area contributed by atoms with Gasteiger partial charge < -0.3 is 13.9 Å². The van der Waals surface area contributed by atoms with Gasteiger partial charge in [-0.3, -0.25) is 9.36 Å². The van der Waals surface area contributed by atoms with Crippen LogP contribution in [0.25, 0.3) is 17.4 Å². The van der Waals surface area contributed by atoms with Crippen LogP contribution < -0.4 is 19.6 Å². The Balaban J connectivity index is 1.66. The number of aromatic nitrogens is 1. The van der Waals surface area contributed by atoms with E-state index in [9.17, 15) is 9.59 Å². The number of benzene rings is 2. The van der Waals surface area contributed by atoms with Gasteiger partial charge in [0.2, 0.25) is 0 Å². The number of methoxy groups -OCH3 is 2. The van der Waals surface area contributed by atoms with Crippen LogP contribution in [0.1, 0.15) is 35.4 Å². The maximum atomic E-state index is 13.8. The van der Waals surface area contributed by atoms with Crippen LogP contribution in [0.15, 0.2) is 78.5 Å². The van der Waals surface area contributed by atoms with Gasteiger partial charge >= 0.3 is 5.97 Å². The highest BCUT2D eigenvalue weighted by molar-refractivity contribution is 9.10. The smallest absolute Gasteiger partial charge is 0.338 e. The molecule has 3 heterocycles. The molecule has 0 N–H and O–H groups in total. The minimum atomic E-state index is -0.717. The number of hydrogen-bond acceptors (Lipinski definition) is 7. The molecule has 0 radical (unpaired) electrons. The van der Waals surface area contributed by atoms with E-state index >= 15 is 0 Å². The Hall–Kier alpha value is -3.69. The van der Waals surface area contributed by atoms with Crippen LogP contribution in [-0.2, 0) is 9.53 Å². The van der Waals surface area contributed by atoms with Gasteiger partial charge in [0, 0.05) is 16.1 Å². The lowest BCUT2D eigenvalue weighted by Gasteiger charge is -2.25. The van der Waals surface area contributed by atoms with Crippen LogP contribution in [-0.4, -0.2) is 24.8 Å². The number of fused-ring (bicyclic) bond motifs is 1. The van der Waals surface area contributed by atoms with Gasteiger partial charge in [-0.1, -0.05) is 45.5 Å². The molecule has 0 spiro atoms. The monoisotopic (exact) mass is 592 g/mol. The van der Waals surface area contributed by atoms with Crippen LogP contribution in [0.4, 0.5) is 0 Å². The maximum absolute atomic E-state index is 13.8. The number of esters is 1. The number of ether oxygens (including phenoxy) is 2. The summed E-state index contributed by atoms with van der Waals surface area (Å²) in [6, 6.07) is 14.7. The van der Waals surface area contributed by atoms with Crippen LogP contribution in [0.2, 0.25) is 0 Å². The van der Waals surface area contributed by atoms with Crippen molar-refractivity contribution in [3.63, 3.8) is 0 Å². The number of carbonyl (C=O) groups is 1. The molecule has 0 fully saturated rings. The number of carbonyl (C=O) groups excluding carboxylic acids is 1.